The summed E-state index contributed by atoms with van der Waals surface area (Å²) < 4.78 is 13.0. The summed E-state index contributed by atoms with van der Waals surface area (Å²) in [4.78, 5) is 38.5. The molecular weight excluding hydrogens is 347 g/mol. The molecule has 0 unspecified atom stereocenters. The second kappa shape index (κ2) is 6.95. The average Bonchev–Trinajstić information content (AvgIpc) is 2.86. The number of halogens is 1. The van der Waals surface area contributed by atoms with E-state index in [1.165, 1.54) is 24.3 Å². The fourth-order valence-corrected chi connectivity index (χ4v) is 3.11. The van der Waals surface area contributed by atoms with Gasteiger partial charge in [0.25, 0.3) is 5.91 Å². The number of rotatable bonds is 5. The molecular formula is C21H21FN2O3. The van der Waals surface area contributed by atoms with Crippen LogP contribution in [0.4, 0.5) is 9.18 Å². The minimum absolute atomic E-state index is 0.242. The van der Waals surface area contributed by atoms with Gasteiger partial charge in [0.05, 0.1) is 6.54 Å². The third-order valence-corrected chi connectivity index (χ3v) is 4.90. The molecule has 6 heteroatoms. The first-order valence-electron chi connectivity index (χ1n) is 8.75. The maximum absolute atomic E-state index is 13.0. The van der Waals surface area contributed by atoms with E-state index in [9.17, 15) is 18.8 Å². The molecule has 3 amide bonds. The van der Waals surface area contributed by atoms with Gasteiger partial charge in [-0.15, -0.1) is 0 Å². The number of nitrogens with zero attached hydrogens (tertiary/aromatic N) is 1. The lowest BCUT2D eigenvalue weighted by Gasteiger charge is -2.22. The van der Waals surface area contributed by atoms with Gasteiger partial charge in [-0.2, -0.15) is 0 Å². The Morgan fingerprint density at radius 3 is 2.22 bits per heavy atom. The maximum atomic E-state index is 13.0. The van der Waals surface area contributed by atoms with Gasteiger partial charge in [0.2, 0.25) is 0 Å². The second-order valence-electron chi connectivity index (χ2n) is 7.15. The van der Waals surface area contributed by atoms with Crippen LogP contribution in [-0.4, -0.2) is 29.2 Å². The summed E-state index contributed by atoms with van der Waals surface area (Å²) in [6.07, 6.45) is 0. The van der Waals surface area contributed by atoms with E-state index in [-0.39, 0.29) is 5.56 Å². The van der Waals surface area contributed by atoms with Crippen molar-refractivity contribution in [2.24, 2.45) is 0 Å². The normalized spacial score (nSPS) is 19.5. The van der Waals surface area contributed by atoms with Crippen LogP contribution in [0, 0.1) is 5.82 Å². The summed E-state index contributed by atoms with van der Waals surface area (Å²) in [5, 5.41) is 2.69. The van der Waals surface area contributed by atoms with Gasteiger partial charge >= 0.3 is 6.03 Å². The van der Waals surface area contributed by atoms with Gasteiger partial charge in [-0.3, -0.25) is 14.5 Å². The molecule has 2 aromatic rings. The van der Waals surface area contributed by atoms with Gasteiger partial charge in [0.15, 0.2) is 5.78 Å². The number of Topliss-reactive ketones (excluding diaryl/α,β-unsaturated/α-hetero) is 1. The monoisotopic (exact) mass is 368 g/mol. The Labute approximate surface area is 157 Å². The van der Waals surface area contributed by atoms with Crippen LogP contribution in [0.1, 0.15) is 48.2 Å². The van der Waals surface area contributed by atoms with E-state index in [1.54, 1.807) is 6.92 Å². The summed E-state index contributed by atoms with van der Waals surface area (Å²) >= 11 is 0. The van der Waals surface area contributed by atoms with E-state index in [2.05, 4.69) is 19.2 Å². The van der Waals surface area contributed by atoms with Gasteiger partial charge in [-0.1, -0.05) is 38.1 Å². The fraction of sp³-hybridized carbons (Fsp3) is 0.286. The molecule has 27 heavy (non-hydrogen) atoms. The molecule has 1 N–H and O–H groups in total. The van der Waals surface area contributed by atoms with Crippen molar-refractivity contribution in [2.45, 2.75) is 32.2 Å². The summed E-state index contributed by atoms with van der Waals surface area (Å²) in [6, 6.07) is 11.9. The van der Waals surface area contributed by atoms with Crippen molar-refractivity contribution < 1.29 is 18.8 Å². The Bertz CT molecular complexity index is 891. The Hall–Kier alpha value is -3.02. The molecule has 5 nitrogen and oxygen atoms in total. The minimum atomic E-state index is -1.23. The molecule has 0 aromatic heterocycles. The van der Waals surface area contributed by atoms with E-state index < -0.39 is 35.6 Å². The number of amides is 3. The van der Waals surface area contributed by atoms with E-state index in [1.807, 2.05) is 24.3 Å². The van der Waals surface area contributed by atoms with Crippen molar-refractivity contribution >= 4 is 17.7 Å². The number of carbonyl (C=O) groups is 3. The number of hydrogen-bond donors (Lipinski definition) is 1. The molecule has 0 bridgehead atoms. The zero-order valence-electron chi connectivity index (χ0n) is 15.5. The molecule has 0 spiro atoms. The SMILES string of the molecule is CC(C)c1ccc([C@]2(C)NC(=O)N(CC(=O)c3ccc(F)cc3)C2=O)cc1. The van der Waals surface area contributed by atoms with Crippen molar-refractivity contribution in [3.8, 4) is 0 Å². The number of nitrogens with one attached hydrogen (secondary N) is 1. The number of urea groups is 1. The molecule has 3 rings (SSSR count). The molecule has 1 aliphatic rings. The quantitative estimate of drug-likeness (QED) is 0.648. The van der Waals surface area contributed by atoms with E-state index in [0.717, 1.165) is 10.5 Å². The van der Waals surface area contributed by atoms with E-state index >= 15 is 0 Å². The summed E-state index contributed by atoms with van der Waals surface area (Å²) in [5.41, 5.74) is 0.798. The fourth-order valence-electron chi connectivity index (χ4n) is 3.11. The Morgan fingerprint density at radius 2 is 1.67 bits per heavy atom. The van der Waals surface area contributed by atoms with Crippen LogP contribution in [0.15, 0.2) is 48.5 Å². The highest BCUT2D eigenvalue weighted by molar-refractivity contribution is 6.11. The van der Waals surface area contributed by atoms with Crippen molar-refractivity contribution in [3.05, 3.63) is 71.0 Å². The van der Waals surface area contributed by atoms with Crippen molar-refractivity contribution in [1.29, 1.82) is 0 Å². The first kappa shape index (κ1) is 18.8. The van der Waals surface area contributed by atoms with E-state index in [0.29, 0.717) is 11.5 Å². The van der Waals surface area contributed by atoms with Crippen LogP contribution in [-0.2, 0) is 10.3 Å². The molecule has 1 heterocycles. The lowest BCUT2D eigenvalue weighted by molar-refractivity contribution is -0.130. The third-order valence-electron chi connectivity index (χ3n) is 4.90. The van der Waals surface area contributed by atoms with Crippen LogP contribution in [0.2, 0.25) is 0 Å². The van der Waals surface area contributed by atoms with Crippen molar-refractivity contribution in [1.82, 2.24) is 10.2 Å². The Kier molecular flexibility index (Phi) is 4.83. The summed E-state index contributed by atoms with van der Waals surface area (Å²) in [6.45, 7) is 5.37. The van der Waals surface area contributed by atoms with Gasteiger partial charge in [-0.05, 0) is 48.2 Å². The first-order valence-corrected chi connectivity index (χ1v) is 8.75. The van der Waals surface area contributed by atoms with Crippen LogP contribution < -0.4 is 5.32 Å². The third kappa shape index (κ3) is 3.47. The maximum Gasteiger partial charge on any atom is 0.325 e. The first-order chi connectivity index (χ1) is 12.7. The number of ketones is 1. The Balaban J connectivity index is 1.81. The highest BCUT2D eigenvalue weighted by Gasteiger charge is 2.49. The zero-order valence-corrected chi connectivity index (χ0v) is 15.5. The largest absolute Gasteiger partial charge is 0.325 e. The highest BCUT2D eigenvalue weighted by atomic mass is 19.1. The molecule has 0 radical (unpaired) electrons. The molecule has 1 fully saturated rings. The topological polar surface area (TPSA) is 66.5 Å². The lowest BCUT2D eigenvalue weighted by atomic mass is 9.90. The molecule has 1 saturated heterocycles. The molecule has 1 aliphatic heterocycles. The van der Waals surface area contributed by atoms with Crippen LogP contribution in [0.5, 0.6) is 0 Å². The molecule has 1 atom stereocenters. The minimum Gasteiger partial charge on any atom is -0.319 e. The molecule has 0 aliphatic carbocycles. The standard InChI is InChI=1S/C21H21FN2O3/c1-13(2)14-4-8-16(9-5-14)21(3)19(26)24(20(27)23-21)12-18(25)15-6-10-17(22)11-7-15/h4-11,13H,12H2,1-3H3,(H,23,27)/t21-/m0/s1. The van der Waals surface area contributed by atoms with Crippen LogP contribution >= 0.6 is 0 Å². The van der Waals surface area contributed by atoms with Crippen LogP contribution in [0.3, 0.4) is 0 Å². The van der Waals surface area contributed by atoms with Gasteiger partial charge < -0.3 is 5.32 Å². The van der Waals surface area contributed by atoms with Crippen molar-refractivity contribution in [2.75, 3.05) is 6.54 Å². The second-order valence-corrected chi connectivity index (χ2v) is 7.15. The average molecular weight is 368 g/mol. The summed E-state index contributed by atoms with van der Waals surface area (Å²) in [7, 11) is 0. The number of hydrogen-bond acceptors (Lipinski definition) is 3. The van der Waals surface area contributed by atoms with Gasteiger partial charge in [0, 0.05) is 5.56 Å². The zero-order chi connectivity index (χ0) is 19.8. The predicted octanol–water partition coefficient (Wildman–Crippen LogP) is 3.60. The molecule has 0 saturated carbocycles. The highest BCUT2D eigenvalue weighted by Crippen LogP contribution is 2.30. The van der Waals surface area contributed by atoms with Crippen LogP contribution in [0.25, 0.3) is 0 Å². The Morgan fingerprint density at radius 1 is 1.07 bits per heavy atom. The van der Waals surface area contributed by atoms with E-state index in [4.69, 9.17) is 0 Å². The summed E-state index contributed by atoms with van der Waals surface area (Å²) in [5.74, 6) is -1.03. The number of carbonyl (C=O) groups excluding carboxylic acids is 3. The van der Waals surface area contributed by atoms with Gasteiger partial charge in [0.1, 0.15) is 11.4 Å². The number of benzene rings is 2. The van der Waals surface area contributed by atoms with Crippen molar-refractivity contribution in [3.63, 3.8) is 0 Å². The predicted molar refractivity (Wildman–Crippen MR) is 98.9 cm³/mol. The molecule has 140 valence electrons. The molecule has 2 aromatic carbocycles. The lowest BCUT2D eigenvalue weighted by Crippen LogP contribution is -2.41. The van der Waals surface area contributed by atoms with Gasteiger partial charge in [-0.25, -0.2) is 9.18 Å². The number of imide groups is 1. The smallest absolute Gasteiger partial charge is 0.319 e.